The van der Waals surface area contributed by atoms with Crippen LogP contribution in [0.5, 0.6) is 0 Å². The van der Waals surface area contributed by atoms with Crippen molar-refractivity contribution >= 4 is 17.4 Å². The fourth-order valence-corrected chi connectivity index (χ4v) is 1.22. The van der Waals surface area contributed by atoms with Crippen molar-refractivity contribution in [2.24, 2.45) is 0 Å². The van der Waals surface area contributed by atoms with Crippen molar-refractivity contribution in [3.8, 4) is 0 Å². The van der Waals surface area contributed by atoms with Crippen LogP contribution in [0.3, 0.4) is 0 Å². The average Bonchev–Trinajstić information content (AvgIpc) is 1.59. The second-order valence-electron chi connectivity index (χ2n) is 2.52. The smallest absolute Gasteiger partial charge is 0.266 e. The molecule has 0 N–H and O–H groups in total. The fourth-order valence-electron chi connectivity index (χ4n) is 0.885. The summed E-state index contributed by atoms with van der Waals surface area (Å²) in [6.45, 7) is 3.64. The van der Waals surface area contributed by atoms with Crippen molar-refractivity contribution in [3.05, 3.63) is 11.6 Å². The van der Waals surface area contributed by atoms with E-state index in [1.54, 1.807) is 0 Å². The Morgan fingerprint density at radius 2 is 1.80 bits per heavy atom. The third-order valence-corrected chi connectivity index (χ3v) is 1.26. The minimum atomic E-state index is 0.565. The summed E-state index contributed by atoms with van der Waals surface area (Å²) in [4.78, 5) is 1.93. The number of amidine groups is 1. The van der Waals surface area contributed by atoms with Gasteiger partial charge in [0.2, 0.25) is 0 Å². The van der Waals surface area contributed by atoms with Gasteiger partial charge in [0.1, 0.15) is 5.03 Å². The van der Waals surface area contributed by atoms with E-state index in [-0.39, 0.29) is 0 Å². The molecule has 0 aliphatic carbocycles. The van der Waals surface area contributed by atoms with E-state index < -0.39 is 0 Å². The van der Waals surface area contributed by atoms with E-state index in [4.69, 9.17) is 11.6 Å². The zero-order valence-electron chi connectivity index (χ0n) is 6.98. The first-order valence-electron chi connectivity index (χ1n) is 3.03. The SMILES string of the molecule is C=C(Cl)C(N(C)C)=[N+](C)C. The first-order chi connectivity index (χ1) is 4.46. The molecule has 0 bridgehead atoms. The molecule has 0 aliphatic heterocycles. The molecule has 0 rings (SSSR count). The van der Waals surface area contributed by atoms with Crippen LogP contribution in [0.4, 0.5) is 0 Å². The molecule has 0 aromatic rings. The molecule has 0 heterocycles. The molecule has 0 fully saturated rings. The predicted octanol–water partition coefficient (Wildman–Crippen LogP) is 0.971. The highest BCUT2D eigenvalue weighted by Crippen LogP contribution is 2.01. The first kappa shape index (κ1) is 9.50. The minimum Gasteiger partial charge on any atom is -0.266 e. The van der Waals surface area contributed by atoms with Gasteiger partial charge in [-0.15, -0.1) is 0 Å². The summed E-state index contributed by atoms with van der Waals surface area (Å²) in [7, 11) is 7.73. The number of likely N-dealkylation sites (N-methyl/N-ethyl adjacent to an activating group) is 1. The monoisotopic (exact) mass is 161 g/mol. The van der Waals surface area contributed by atoms with Crippen LogP contribution >= 0.6 is 11.6 Å². The molecule has 3 heteroatoms. The topological polar surface area (TPSA) is 6.25 Å². The highest BCUT2D eigenvalue weighted by molar-refractivity contribution is 6.41. The lowest BCUT2D eigenvalue weighted by Gasteiger charge is -2.08. The molecule has 0 saturated heterocycles. The lowest BCUT2D eigenvalue weighted by molar-refractivity contribution is -0.468. The molecule has 0 atom stereocenters. The standard InChI is InChI=1S/C7H14ClN2/c1-6(8)7(9(2)3)10(4)5/h1H2,2-5H3/q+1. The third kappa shape index (κ3) is 2.40. The first-order valence-corrected chi connectivity index (χ1v) is 3.41. The molecule has 0 spiro atoms. The van der Waals surface area contributed by atoms with Crippen molar-refractivity contribution in [2.75, 3.05) is 28.2 Å². The Morgan fingerprint density at radius 1 is 1.40 bits per heavy atom. The Bertz CT molecular complexity index is 166. The Kier molecular flexibility index (Phi) is 3.43. The van der Waals surface area contributed by atoms with E-state index in [1.165, 1.54) is 0 Å². The van der Waals surface area contributed by atoms with Crippen LogP contribution in [0.25, 0.3) is 0 Å². The van der Waals surface area contributed by atoms with Gasteiger partial charge >= 0.3 is 0 Å². The van der Waals surface area contributed by atoms with Crippen LogP contribution in [0, 0.1) is 0 Å². The van der Waals surface area contributed by atoms with Crippen molar-refractivity contribution in [1.29, 1.82) is 0 Å². The zero-order chi connectivity index (χ0) is 8.31. The lowest BCUT2D eigenvalue weighted by Crippen LogP contribution is -2.29. The highest BCUT2D eigenvalue weighted by atomic mass is 35.5. The van der Waals surface area contributed by atoms with E-state index in [9.17, 15) is 0 Å². The van der Waals surface area contributed by atoms with Gasteiger partial charge in [-0.1, -0.05) is 18.2 Å². The van der Waals surface area contributed by atoms with Gasteiger partial charge in [-0.25, -0.2) is 0 Å². The molecule has 58 valence electrons. The lowest BCUT2D eigenvalue weighted by atomic mass is 10.5. The largest absolute Gasteiger partial charge is 0.289 e. The Morgan fingerprint density at radius 3 is 1.80 bits per heavy atom. The molecular weight excluding hydrogens is 148 g/mol. The number of hydrogen-bond acceptors (Lipinski definition) is 0. The number of nitrogens with zero attached hydrogens (tertiary/aromatic N) is 2. The molecule has 0 radical (unpaired) electrons. The average molecular weight is 162 g/mol. The number of halogens is 1. The van der Waals surface area contributed by atoms with Gasteiger partial charge < -0.3 is 0 Å². The molecule has 2 nitrogen and oxygen atoms in total. The molecule has 0 aromatic carbocycles. The summed E-state index contributed by atoms with van der Waals surface area (Å²) < 4.78 is 1.93. The second kappa shape index (κ2) is 3.62. The van der Waals surface area contributed by atoms with Crippen LogP contribution in [0.2, 0.25) is 0 Å². The summed E-state index contributed by atoms with van der Waals surface area (Å²) >= 11 is 5.72. The van der Waals surface area contributed by atoms with E-state index >= 15 is 0 Å². The summed E-state index contributed by atoms with van der Waals surface area (Å²) in [5.74, 6) is 0.932. The van der Waals surface area contributed by atoms with Crippen LogP contribution in [0.15, 0.2) is 11.6 Å². The molecule has 0 saturated carbocycles. The van der Waals surface area contributed by atoms with Gasteiger partial charge in [0.15, 0.2) is 0 Å². The Hall–Kier alpha value is -0.500. The predicted molar refractivity (Wildman–Crippen MR) is 45.8 cm³/mol. The van der Waals surface area contributed by atoms with Gasteiger partial charge in [0, 0.05) is 0 Å². The van der Waals surface area contributed by atoms with E-state index in [0.717, 1.165) is 5.84 Å². The van der Waals surface area contributed by atoms with Gasteiger partial charge in [0.25, 0.3) is 5.84 Å². The Balaban J connectivity index is 4.61. The van der Waals surface area contributed by atoms with Gasteiger partial charge in [-0.3, -0.25) is 9.48 Å². The van der Waals surface area contributed by atoms with E-state index in [1.807, 2.05) is 37.7 Å². The van der Waals surface area contributed by atoms with Gasteiger partial charge in [-0.05, 0) is 0 Å². The fraction of sp³-hybridized carbons (Fsp3) is 0.571. The summed E-state index contributed by atoms with van der Waals surface area (Å²) in [5, 5.41) is 0.565. The summed E-state index contributed by atoms with van der Waals surface area (Å²) in [5.41, 5.74) is 0. The van der Waals surface area contributed by atoms with Gasteiger partial charge in [-0.2, -0.15) is 0 Å². The highest BCUT2D eigenvalue weighted by Gasteiger charge is 2.12. The maximum absolute atomic E-state index is 5.72. The Labute approximate surface area is 67.4 Å². The number of hydrogen-bond donors (Lipinski definition) is 0. The van der Waals surface area contributed by atoms with Crippen LogP contribution < -0.4 is 0 Å². The molecule has 10 heavy (non-hydrogen) atoms. The molecule has 0 unspecified atom stereocenters. The van der Waals surface area contributed by atoms with Crippen LogP contribution in [-0.4, -0.2) is 43.5 Å². The molecule has 0 aliphatic rings. The van der Waals surface area contributed by atoms with Crippen molar-refractivity contribution in [2.45, 2.75) is 0 Å². The van der Waals surface area contributed by atoms with Crippen molar-refractivity contribution in [1.82, 2.24) is 4.90 Å². The summed E-state index contributed by atoms with van der Waals surface area (Å²) in [6, 6.07) is 0. The van der Waals surface area contributed by atoms with Gasteiger partial charge in [0.05, 0.1) is 28.2 Å². The minimum absolute atomic E-state index is 0.565. The second-order valence-corrected chi connectivity index (χ2v) is 2.97. The van der Waals surface area contributed by atoms with Crippen molar-refractivity contribution in [3.63, 3.8) is 0 Å². The molecule has 0 aromatic heterocycles. The summed E-state index contributed by atoms with van der Waals surface area (Å²) in [6.07, 6.45) is 0. The van der Waals surface area contributed by atoms with E-state index in [0.29, 0.717) is 5.03 Å². The maximum Gasteiger partial charge on any atom is 0.289 e. The zero-order valence-corrected chi connectivity index (χ0v) is 7.74. The van der Waals surface area contributed by atoms with Crippen LogP contribution in [-0.2, 0) is 0 Å². The molecular formula is C7H14ClN2+. The maximum atomic E-state index is 5.72. The van der Waals surface area contributed by atoms with Crippen molar-refractivity contribution < 1.29 is 4.58 Å². The normalized spacial score (nSPS) is 8.90. The molecule has 0 amide bonds. The quantitative estimate of drug-likeness (QED) is 0.316. The number of rotatable bonds is 1. The van der Waals surface area contributed by atoms with Crippen LogP contribution in [0.1, 0.15) is 0 Å². The van der Waals surface area contributed by atoms with E-state index in [2.05, 4.69) is 6.58 Å². The third-order valence-electron chi connectivity index (χ3n) is 1.09.